The molecule has 0 aromatic heterocycles. The van der Waals surface area contributed by atoms with Gasteiger partial charge in [0, 0.05) is 0 Å². The quantitative estimate of drug-likeness (QED) is 0.0879. The molecular weight excluding hydrogens is 837 g/mol. The molecule has 8 nitrogen and oxygen atoms in total. The van der Waals surface area contributed by atoms with Crippen LogP contribution in [0.25, 0.3) is 0 Å². The normalized spacial score (nSPS) is 15.7. The van der Waals surface area contributed by atoms with Gasteiger partial charge in [0.1, 0.15) is 72.8 Å². The molecule has 2 atom stereocenters. The second-order valence-corrected chi connectivity index (χ2v) is 17.2. The molecule has 0 unspecified atom stereocenters. The van der Waals surface area contributed by atoms with E-state index < -0.39 is 29.2 Å². The van der Waals surface area contributed by atoms with Crippen molar-refractivity contribution in [2.45, 2.75) is 69.5 Å². The maximum atomic E-state index is 13.7. The van der Waals surface area contributed by atoms with Gasteiger partial charge in [0.15, 0.2) is 5.79 Å². The number of hydrogen-bond donors (Lipinski definition) is 2. The minimum absolute atomic E-state index is 0.379. The first-order chi connectivity index (χ1) is 32.7. The molecule has 0 amide bonds. The second kappa shape index (κ2) is 20.1. The van der Waals surface area contributed by atoms with E-state index in [9.17, 15) is 10.2 Å². The Balaban J connectivity index is 1.10. The molecule has 8 aromatic rings. The van der Waals surface area contributed by atoms with Crippen LogP contribution in [-0.4, -0.2) is 28.2 Å². The molecule has 0 spiro atoms. The first-order valence-electron chi connectivity index (χ1n) is 22.6. The van der Waals surface area contributed by atoms with E-state index in [2.05, 4.69) is 0 Å². The summed E-state index contributed by atoms with van der Waals surface area (Å²) in [6.45, 7) is 5.10. The van der Waals surface area contributed by atoms with Crippen molar-refractivity contribution in [3.8, 4) is 23.0 Å². The minimum Gasteiger partial charge on any atom is -0.489 e. The molecular formula is C59H54O8. The molecule has 1 aliphatic rings. The first-order valence-corrected chi connectivity index (χ1v) is 22.6. The van der Waals surface area contributed by atoms with Gasteiger partial charge in [0.25, 0.3) is 0 Å². The van der Waals surface area contributed by atoms with Crippen molar-refractivity contribution in [1.29, 1.82) is 0 Å². The number of ether oxygens (including phenoxy) is 6. The lowest BCUT2D eigenvalue weighted by Crippen LogP contribution is -2.55. The highest BCUT2D eigenvalue weighted by Gasteiger charge is 2.61. The second-order valence-electron chi connectivity index (χ2n) is 17.2. The van der Waals surface area contributed by atoms with Crippen molar-refractivity contribution in [3.05, 3.63) is 263 Å². The standard InChI is InChI=1S/C59H54O8/c1-57(2)66-55(58(60,47-23-31-51(32-24-47)62-39-43-15-7-3-8-16-43)48-25-33-52(34-26-48)63-40-44-17-9-4-10-18-44)56(67-57)59(61,49-27-35-53(36-28-49)64-41-45-19-11-5-12-20-45)50-29-37-54(38-30-50)65-42-46-21-13-6-14-22-46/h3-38,55-56,60-61H,39-42H2,1-2H3/t55-,56-/m1/s1. The lowest BCUT2D eigenvalue weighted by Gasteiger charge is -2.42. The summed E-state index contributed by atoms with van der Waals surface area (Å²) in [6.07, 6.45) is -2.38. The van der Waals surface area contributed by atoms with Crippen LogP contribution in [0.1, 0.15) is 58.4 Å². The van der Waals surface area contributed by atoms with Crippen molar-refractivity contribution in [2.75, 3.05) is 0 Å². The predicted octanol–water partition coefficient (Wildman–Crippen LogP) is 11.7. The van der Waals surface area contributed by atoms with E-state index in [0.717, 1.165) is 22.3 Å². The van der Waals surface area contributed by atoms with Crippen LogP contribution in [0.5, 0.6) is 23.0 Å². The summed E-state index contributed by atoms with van der Waals surface area (Å²) in [7, 11) is 0. The fraction of sp³-hybridized carbons (Fsp3) is 0.186. The van der Waals surface area contributed by atoms with Crippen LogP contribution in [0.3, 0.4) is 0 Å². The van der Waals surface area contributed by atoms with Crippen LogP contribution < -0.4 is 18.9 Å². The highest BCUT2D eigenvalue weighted by atomic mass is 16.8. The van der Waals surface area contributed by atoms with E-state index in [4.69, 9.17) is 28.4 Å². The van der Waals surface area contributed by atoms with E-state index in [1.807, 2.05) is 218 Å². The van der Waals surface area contributed by atoms with Gasteiger partial charge in [-0.25, -0.2) is 0 Å². The molecule has 0 radical (unpaired) electrons. The van der Waals surface area contributed by atoms with Crippen LogP contribution in [0.15, 0.2) is 218 Å². The lowest BCUT2D eigenvalue weighted by molar-refractivity contribution is -0.172. The van der Waals surface area contributed by atoms with E-state index in [0.29, 0.717) is 71.7 Å². The molecule has 2 N–H and O–H groups in total. The third kappa shape index (κ3) is 10.4. The van der Waals surface area contributed by atoms with Crippen LogP contribution in [0.2, 0.25) is 0 Å². The zero-order valence-electron chi connectivity index (χ0n) is 37.6. The summed E-state index contributed by atoms with van der Waals surface area (Å²) in [6, 6.07) is 69.2. The Hall–Kier alpha value is -7.20. The summed E-state index contributed by atoms with van der Waals surface area (Å²) >= 11 is 0. The van der Waals surface area contributed by atoms with Crippen LogP contribution in [0.4, 0.5) is 0 Å². The molecule has 9 rings (SSSR count). The summed E-state index contributed by atoms with van der Waals surface area (Å²) in [4.78, 5) is 0. The van der Waals surface area contributed by atoms with Gasteiger partial charge in [-0.3, -0.25) is 0 Å². The zero-order chi connectivity index (χ0) is 46.1. The van der Waals surface area contributed by atoms with Gasteiger partial charge in [-0.2, -0.15) is 0 Å². The zero-order valence-corrected chi connectivity index (χ0v) is 37.6. The van der Waals surface area contributed by atoms with Gasteiger partial charge >= 0.3 is 0 Å². The fourth-order valence-corrected chi connectivity index (χ4v) is 8.55. The summed E-state index contributed by atoms with van der Waals surface area (Å²) in [5.41, 5.74) is 2.34. The number of hydrogen-bond acceptors (Lipinski definition) is 8. The van der Waals surface area contributed by atoms with Crippen LogP contribution in [0, 0.1) is 0 Å². The molecule has 67 heavy (non-hydrogen) atoms. The summed E-state index contributed by atoms with van der Waals surface area (Å²) < 4.78 is 38.5. The largest absolute Gasteiger partial charge is 0.489 e. The highest BCUT2D eigenvalue weighted by Crippen LogP contribution is 2.51. The van der Waals surface area contributed by atoms with Gasteiger partial charge < -0.3 is 38.6 Å². The average Bonchev–Trinajstić information content (AvgIpc) is 3.73. The number of benzene rings is 8. The molecule has 1 heterocycles. The molecule has 1 fully saturated rings. The maximum Gasteiger partial charge on any atom is 0.164 e. The Morgan fingerprint density at radius 1 is 0.343 bits per heavy atom. The monoisotopic (exact) mass is 890 g/mol. The SMILES string of the molecule is CC1(C)O[C@@H](C(O)(c2ccc(OCc3ccccc3)cc2)c2ccc(OCc3ccccc3)cc2)[C@H](C(O)(c2ccc(OCc3ccccc3)cc2)c2ccc(OCc3ccccc3)cc2)O1. The van der Waals surface area contributed by atoms with Gasteiger partial charge in [0.2, 0.25) is 0 Å². The third-order valence-corrected chi connectivity index (χ3v) is 12.1. The van der Waals surface area contributed by atoms with Crippen molar-refractivity contribution in [1.82, 2.24) is 0 Å². The maximum absolute atomic E-state index is 13.7. The predicted molar refractivity (Wildman–Crippen MR) is 259 cm³/mol. The molecule has 8 heteroatoms. The van der Waals surface area contributed by atoms with Crippen LogP contribution in [-0.2, 0) is 47.1 Å². The average molecular weight is 891 g/mol. The van der Waals surface area contributed by atoms with Gasteiger partial charge in [-0.15, -0.1) is 0 Å². The smallest absolute Gasteiger partial charge is 0.164 e. The third-order valence-electron chi connectivity index (χ3n) is 12.1. The fourth-order valence-electron chi connectivity index (χ4n) is 8.55. The molecule has 1 saturated heterocycles. The topological polar surface area (TPSA) is 95.8 Å². The Bertz CT molecular complexity index is 2400. The molecule has 1 aliphatic heterocycles. The molecule has 0 aliphatic carbocycles. The Morgan fingerprint density at radius 2 is 0.552 bits per heavy atom. The summed E-state index contributed by atoms with van der Waals surface area (Å²) in [5, 5.41) is 27.4. The minimum atomic E-state index is -1.90. The number of rotatable bonds is 18. The van der Waals surface area contributed by atoms with Crippen molar-refractivity contribution < 1.29 is 38.6 Å². The van der Waals surface area contributed by atoms with Crippen molar-refractivity contribution in [2.24, 2.45) is 0 Å². The van der Waals surface area contributed by atoms with Crippen molar-refractivity contribution >= 4 is 0 Å². The van der Waals surface area contributed by atoms with E-state index in [1.165, 1.54) is 0 Å². The molecule has 0 saturated carbocycles. The Kier molecular flexibility index (Phi) is 13.5. The lowest BCUT2D eigenvalue weighted by atomic mass is 9.72. The Labute approximate surface area is 392 Å². The van der Waals surface area contributed by atoms with Crippen molar-refractivity contribution in [3.63, 3.8) is 0 Å². The van der Waals surface area contributed by atoms with Gasteiger partial charge in [-0.05, 0) is 107 Å². The molecule has 338 valence electrons. The molecule has 0 bridgehead atoms. The first kappa shape index (κ1) is 45.0. The van der Waals surface area contributed by atoms with Gasteiger partial charge in [-0.1, -0.05) is 170 Å². The van der Waals surface area contributed by atoms with Crippen LogP contribution >= 0.6 is 0 Å². The van der Waals surface area contributed by atoms with E-state index >= 15 is 0 Å². The van der Waals surface area contributed by atoms with Gasteiger partial charge in [0.05, 0.1) is 0 Å². The van der Waals surface area contributed by atoms with E-state index in [1.54, 1.807) is 13.8 Å². The summed E-state index contributed by atoms with van der Waals surface area (Å²) in [5.74, 6) is 1.25. The van der Waals surface area contributed by atoms with E-state index in [-0.39, 0.29) is 0 Å². The Morgan fingerprint density at radius 3 is 0.761 bits per heavy atom. The highest BCUT2D eigenvalue weighted by molar-refractivity contribution is 5.47. The molecule has 8 aromatic carbocycles. The number of aliphatic hydroxyl groups is 2.